The minimum Gasteiger partial charge on any atom is -0.399 e. The molecular weight excluding hydrogens is 346 g/mol. The van der Waals surface area contributed by atoms with E-state index in [0.29, 0.717) is 6.04 Å². The zero-order chi connectivity index (χ0) is 19.0. The van der Waals surface area contributed by atoms with Gasteiger partial charge in [-0.05, 0) is 24.0 Å². The summed E-state index contributed by atoms with van der Waals surface area (Å²) in [6.45, 7) is 0. The SMILES string of the molecule is CO/N=C/c1c2c(nn1C1CC1)CC(c1ccccc1)(c1ccccc1)C=C2. The predicted octanol–water partition coefficient (Wildman–Crippen LogP) is 4.75. The lowest BCUT2D eigenvalue weighted by Gasteiger charge is -2.34. The van der Waals surface area contributed by atoms with Crippen molar-refractivity contribution in [2.75, 3.05) is 7.11 Å². The van der Waals surface area contributed by atoms with Crippen LogP contribution in [0.5, 0.6) is 0 Å². The molecule has 1 aromatic heterocycles. The van der Waals surface area contributed by atoms with E-state index in [0.717, 1.165) is 23.4 Å². The normalized spacial score (nSPS) is 17.6. The van der Waals surface area contributed by atoms with Gasteiger partial charge < -0.3 is 4.84 Å². The zero-order valence-electron chi connectivity index (χ0n) is 16.0. The van der Waals surface area contributed by atoms with E-state index in [1.807, 2.05) is 0 Å². The van der Waals surface area contributed by atoms with Crippen LogP contribution in [-0.2, 0) is 16.7 Å². The molecule has 0 radical (unpaired) electrons. The van der Waals surface area contributed by atoms with E-state index in [9.17, 15) is 0 Å². The molecule has 0 amide bonds. The van der Waals surface area contributed by atoms with E-state index in [1.54, 1.807) is 13.3 Å². The average molecular weight is 369 g/mol. The van der Waals surface area contributed by atoms with Crippen molar-refractivity contribution in [2.45, 2.75) is 30.7 Å². The molecule has 1 heterocycles. The Morgan fingerprint density at radius 3 is 2.25 bits per heavy atom. The Hall–Kier alpha value is -3.14. The van der Waals surface area contributed by atoms with Gasteiger partial charge in [-0.25, -0.2) is 0 Å². The number of allylic oxidation sites excluding steroid dienone is 1. The molecule has 1 fully saturated rings. The fourth-order valence-corrected chi connectivity index (χ4v) is 4.23. The first-order chi connectivity index (χ1) is 13.8. The van der Waals surface area contributed by atoms with Gasteiger partial charge in [-0.15, -0.1) is 0 Å². The fraction of sp³-hybridized carbons (Fsp3) is 0.250. The van der Waals surface area contributed by atoms with Crippen LogP contribution in [0.3, 0.4) is 0 Å². The Morgan fingerprint density at radius 2 is 1.68 bits per heavy atom. The number of fused-ring (bicyclic) bond motifs is 1. The maximum absolute atomic E-state index is 5.03. The van der Waals surface area contributed by atoms with Crippen LogP contribution < -0.4 is 0 Å². The van der Waals surface area contributed by atoms with Gasteiger partial charge in [-0.3, -0.25) is 4.68 Å². The second kappa shape index (κ2) is 6.79. The van der Waals surface area contributed by atoms with Crippen molar-refractivity contribution < 1.29 is 4.84 Å². The molecule has 4 nitrogen and oxygen atoms in total. The van der Waals surface area contributed by atoms with Gasteiger partial charge in [-0.1, -0.05) is 78.0 Å². The first kappa shape index (κ1) is 17.0. The van der Waals surface area contributed by atoms with Crippen LogP contribution in [-0.4, -0.2) is 23.1 Å². The zero-order valence-corrected chi connectivity index (χ0v) is 16.0. The highest BCUT2D eigenvalue weighted by atomic mass is 16.6. The minimum atomic E-state index is -0.214. The standard InChI is InChI=1S/C24H23N3O/c1-28-25-17-23-21-14-15-24(18-8-4-2-5-9-18,19-10-6-3-7-11-19)16-22(21)26-27(23)20-12-13-20/h2-11,14-15,17,20H,12-13,16H2,1H3/b25-17+. The van der Waals surface area contributed by atoms with Crippen LogP contribution in [0.1, 0.15) is 47.0 Å². The van der Waals surface area contributed by atoms with Crippen LogP contribution in [0.2, 0.25) is 0 Å². The van der Waals surface area contributed by atoms with Crippen LogP contribution in [0.15, 0.2) is 71.9 Å². The Balaban J connectivity index is 1.66. The van der Waals surface area contributed by atoms with E-state index in [1.165, 1.54) is 24.0 Å². The van der Waals surface area contributed by atoms with Crippen molar-refractivity contribution in [3.8, 4) is 0 Å². The summed E-state index contributed by atoms with van der Waals surface area (Å²) in [5, 5.41) is 9.06. The molecule has 2 aliphatic rings. The highest BCUT2D eigenvalue weighted by Gasteiger charge is 2.38. The van der Waals surface area contributed by atoms with Gasteiger partial charge in [0.25, 0.3) is 0 Å². The molecule has 2 aromatic carbocycles. The first-order valence-corrected chi connectivity index (χ1v) is 9.80. The number of rotatable bonds is 5. The predicted molar refractivity (Wildman–Crippen MR) is 112 cm³/mol. The summed E-state index contributed by atoms with van der Waals surface area (Å²) in [6.07, 6.45) is 9.55. The molecule has 0 atom stereocenters. The Morgan fingerprint density at radius 1 is 1.04 bits per heavy atom. The van der Waals surface area contributed by atoms with Gasteiger partial charge in [0.1, 0.15) is 7.11 Å². The van der Waals surface area contributed by atoms with Gasteiger partial charge >= 0.3 is 0 Å². The average Bonchev–Trinajstić information content (AvgIpc) is 3.54. The second-order valence-electron chi connectivity index (χ2n) is 7.55. The summed E-state index contributed by atoms with van der Waals surface area (Å²) in [7, 11) is 1.58. The molecule has 4 heteroatoms. The topological polar surface area (TPSA) is 39.4 Å². The summed E-state index contributed by atoms with van der Waals surface area (Å²) >= 11 is 0. The van der Waals surface area contributed by atoms with E-state index in [-0.39, 0.29) is 5.41 Å². The number of nitrogens with zero attached hydrogens (tertiary/aromatic N) is 3. The summed E-state index contributed by atoms with van der Waals surface area (Å²) in [6, 6.07) is 21.9. The van der Waals surface area contributed by atoms with Crippen LogP contribution >= 0.6 is 0 Å². The molecule has 2 aliphatic carbocycles. The minimum absolute atomic E-state index is 0.214. The number of hydrogen-bond donors (Lipinski definition) is 0. The van der Waals surface area contributed by atoms with Crippen LogP contribution in [0.4, 0.5) is 0 Å². The van der Waals surface area contributed by atoms with Crippen molar-refractivity contribution in [2.24, 2.45) is 5.16 Å². The van der Waals surface area contributed by atoms with Crippen molar-refractivity contribution in [3.63, 3.8) is 0 Å². The molecule has 0 saturated heterocycles. The van der Waals surface area contributed by atoms with Crippen molar-refractivity contribution in [1.29, 1.82) is 0 Å². The van der Waals surface area contributed by atoms with Crippen molar-refractivity contribution in [3.05, 3.63) is 94.8 Å². The van der Waals surface area contributed by atoms with Gasteiger partial charge in [0.2, 0.25) is 0 Å². The summed E-state index contributed by atoms with van der Waals surface area (Å²) in [5.74, 6) is 0. The fourth-order valence-electron chi connectivity index (χ4n) is 4.23. The number of hydrogen-bond acceptors (Lipinski definition) is 3. The Kier molecular flexibility index (Phi) is 4.12. The third-order valence-electron chi connectivity index (χ3n) is 5.79. The smallest absolute Gasteiger partial charge is 0.106 e. The Bertz CT molecular complexity index is 991. The molecule has 3 aromatic rings. The van der Waals surface area contributed by atoms with Crippen LogP contribution in [0.25, 0.3) is 6.08 Å². The van der Waals surface area contributed by atoms with E-state index in [4.69, 9.17) is 9.94 Å². The summed E-state index contributed by atoms with van der Waals surface area (Å²) in [4.78, 5) is 4.95. The molecule has 140 valence electrons. The molecule has 5 rings (SSSR count). The molecular formula is C24H23N3O. The molecule has 0 aliphatic heterocycles. The molecule has 0 spiro atoms. The molecule has 28 heavy (non-hydrogen) atoms. The van der Waals surface area contributed by atoms with Gasteiger partial charge in [0.15, 0.2) is 0 Å². The molecule has 0 unspecified atom stereocenters. The first-order valence-electron chi connectivity index (χ1n) is 9.80. The van der Waals surface area contributed by atoms with E-state index >= 15 is 0 Å². The van der Waals surface area contributed by atoms with Crippen LogP contribution in [0, 0.1) is 0 Å². The summed E-state index contributed by atoms with van der Waals surface area (Å²) in [5.41, 5.74) is 5.70. The lowest BCUT2D eigenvalue weighted by Crippen LogP contribution is -2.30. The maximum atomic E-state index is 5.03. The van der Waals surface area contributed by atoms with Crippen molar-refractivity contribution >= 4 is 12.3 Å². The second-order valence-corrected chi connectivity index (χ2v) is 7.55. The van der Waals surface area contributed by atoms with Gasteiger partial charge in [0, 0.05) is 17.4 Å². The molecule has 0 N–H and O–H groups in total. The highest BCUT2D eigenvalue weighted by molar-refractivity contribution is 5.85. The lowest BCUT2D eigenvalue weighted by molar-refractivity contribution is 0.215. The summed E-state index contributed by atoms with van der Waals surface area (Å²) < 4.78 is 2.14. The maximum Gasteiger partial charge on any atom is 0.106 e. The van der Waals surface area contributed by atoms with Crippen molar-refractivity contribution in [1.82, 2.24) is 9.78 Å². The van der Waals surface area contributed by atoms with Gasteiger partial charge in [-0.2, -0.15) is 5.10 Å². The monoisotopic (exact) mass is 369 g/mol. The molecule has 1 saturated carbocycles. The van der Waals surface area contributed by atoms with Gasteiger partial charge in [0.05, 0.1) is 23.6 Å². The Labute approximate surface area is 165 Å². The van der Waals surface area contributed by atoms with E-state index in [2.05, 4.69) is 82.7 Å². The number of oxime groups is 1. The van der Waals surface area contributed by atoms with E-state index < -0.39 is 0 Å². The molecule has 0 bridgehead atoms. The third kappa shape index (κ3) is 2.76. The highest BCUT2D eigenvalue weighted by Crippen LogP contribution is 2.43. The number of benzene rings is 2. The third-order valence-corrected chi connectivity index (χ3v) is 5.79. The number of aromatic nitrogens is 2. The largest absolute Gasteiger partial charge is 0.399 e. The lowest BCUT2D eigenvalue weighted by atomic mass is 9.68. The quantitative estimate of drug-likeness (QED) is 0.481.